The van der Waals surface area contributed by atoms with Gasteiger partial charge in [-0.1, -0.05) is 18.2 Å². The Kier molecular flexibility index (Phi) is 6.32. The van der Waals surface area contributed by atoms with Gasteiger partial charge in [-0.25, -0.2) is 0 Å². The summed E-state index contributed by atoms with van der Waals surface area (Å²) in [6.07, 6.45) is 3.10. The van der Waals surface area contributed by atoms with Crippen molar-refractivity contribution in [3.63, 3.8) is 0 Å². The molecule has 0 radical (unpaired) electrons. The second kappa shape index (κ2) is 7.51. The molecule has 0 unspecified atom stereocenters. The van der Waals surface area contributed by atoms with Gasteiger partial charge in [-0.15, -0.1) is 10.2 Å². The van der Waals surface area contributed by atoms with Gasteiger partial charge in [0.25, 0.3) is 0 Å². The summed E-state index contributed by atoms with van der Waals surface area (Å²) >= 11 is 1.72. The van der Waals surface area contributed by atoms with Crippen LogP contribution in [0, 0.1) is 23.7 Å². The Hall–Kier alpha value is -1.06. The monoisotopic (exact) mass is 281 g/mol. The number of nitrogens with zero attached hydrogens (tertiary/aromatic N) is 4. The molecule has 0 saturated carbocycles. The van der Waals surface area contributed by atoms with E-state index in [0.717, 1.165) is 42.5 Å². The van der Waals surface area contributed by atoms with Gasteiger partial charge in [0, 0.05) is 18.8 Å². The molecule has 5 nitrogen and oxygen atoms in total. The zero-order valence-electron chi connectivity index (χ0n) is 12.0. The Balaban J connectivity index is 2.32. The molecule has 0 atom stereocenters. The Bertz CT molecular complexity index is 433. The summed E-state index contributed by atoms with van der Waals surface area (Å²) in [6.45, 7) is 7.29. The maximum Gasteiger partial charge on any atom is 0.191 e. The quantitative estimate of drug-likeness (QED) is 0.584. The first-order valence-electron chi connectivity index (χ1n) is 6.64. The average molecular weight is 281 g/mol. The topological polar surface area (TPSA) is 80.5 Å². The first kappa shape index (κ1) is 16.0. The van der Waals surface area contributed by atoms with Crippen LogP contribution in [0.25, 0.3) is 0 Å². The molecule has 1 aromatic heterocycles. The number of nitrogens with two attached hydrogens (primary N) is 1. The predicted molar refractivity (Wildman–Crippen MR) is 77.8 cm³/mol. The van der Waals surface area contributed by atoms with Crippen LogP contribution in [0.5, 0.6) is 0 Å². The Labute approximate surface area is 119 Å². The van der Waals surface area contributed by atoms with Gasteiger partial charge in [-0.3, -0.25) is 0 Å². The van der Waals surface area contributed by atoms with E-state index < -0.39 is 0 Å². The van der Waals surface area contributed by atoms with E-state index in [1.165, 1.54) is 0 Å². The van der Waals surface area contributed by atoms with Crippen molar-refractivity contribution in [1.82, 2.24) is 14.8 Å². The van der Waals surface area contributed by atoms with Crippen LogP contribution in [0.3, 0.4) is 0 Å². The fourth-order valence-electron chi connectivity index (χ4n) is 1.74. The van der Waals surface area contributed by atoms with Gasteiger partial charge in [0.15, 0.2) is 5.16 Å². The predicted octanol–water partition coefficient (Wildman–Crippen LogP) is 2.36. The minimum absolute atomic E-state index is 0.208. The van der Waals surface area contributed by atoms with Gasteiger partial charge in [-0.05, 0) is 33.6 Å². The molecule has 0 aliphatic heterocycles. The highest BCUT2D eigenvalue weighted by molar-refractivity contribution is 7.99. The number of hydrogen-bond acceptors (Lipinski definition) is 5. The maximum atomic E-state index is 8.94. The number of nitriles is 1. The second-order valence-electron chi connectivity index (χ2n) is 5.27. The smallest absolute Gasteiger partial charge is 0.191 e. The van der Waals surface area contributed by atoms with E-state index in [0.29, 0.717) is 6.54 Å². The summed E-state index contributed by atoms with van der Waals surface area (Å²) in [5.41, 5.74) is 5.37. The van der Waals surface area contributed by atoms with Crippen LogP contribution < -0.4 is 5.73 Å². The third-order valence-corrected chi connectivity index (χ3v) is 4.04. The van der Waals surface area contributed by atoms with Crippen LogP contribution in [-0.2, 0) is 6.54 Å². The molecular formula is C13H23N5S. The maximum absolute atomic E-state index is 8.94. The normalized spacial score (nSPS) is 11.5. The van der Waals surface area contributed by atoms with Crippen LogP contribution in [0.2, 0.25) is 0 Å². The molecule has 106 valence electrons. The van der Waals surface area contributed by atoms with Gasteiger partial charge in [0.2, 0.25) is 0 Å². The SMILES string of the molecule is Cc1nnc(SCCCCC(C)(C)C#N)n1CCN. The molecule has 1 aromatic rings. The lowest BCUT2D eigenvalue weighted by atomic mass is 9.89. The first-order valence-corrected chi connectivity index (χ1v) is 7.62. The third-order valence-electron chi connectivity index (χ3n) is 2.98. The molecule has 2 N–H and O–H groups in total. The van der Waals surface area contributed by atoms with E-state index in [2.05, 4.69) is 20.8 Å². The molecule has 1 rings (SSSR count). The largest absolute Gasteiger partial charge is 0.329 e. The lowest BCUT2D eigenvalue weighted by Crippen LogP contribution is -2.12. The molecule has 1 heterocycles. The van der Waals surface area contributed by atoms with Gasteiger partial charge in [0.05, 0.1) is 11.5 Å². The zero-order chi connectivity index (χ0) is 14.3. The average Bonchev–Trinajstić information content (AvgIpc) is 2.71. The summed E-state index contributed by atoms with van der Waals surface area (Å²) in [4.78, 5) is 0. The lowest BCUT2D eigenvalue weighted by molar-refractivity contribution is 0.433. The molecule has 0 spiro atoms. The Morgan fingerprint density at radius 3 is 2.74 bits per heavy atom. The Morgan fingerprint density at radius 2 is 2.11 bits per heavy atom. The van der Waals surface area contributed by atoms with Crippen molar-refractivity contribution in [3.05, 3.63) is 5.82 Å². The molecule has 0 saturated heterocycles. The summed E-state index contributed by atoms with van der Waals surface area (Å²) in [5.74, 6) is 1.92. The van der Waals surface area contributed by atoms with Crippen molar-refractivity contribution in [3.8, 4) is 6.07 Å². The van der Waals surface area contributed by atoms with Gasteiger partial charge in [0.1, 0.15) is 5.82 Å². The molecule has 0 aromatic carbocycles. The van der Waals surface area contributed by atoms with Crippen molar-refractivity contribution >= 4 is 11.8 Å². The zero-order valence-corrected chi connectivity index (χ0v) is 12.8. The van der Waals surface area contributed by atoms with Crippen LogP contribution in [0.15, 0.2) is 5.16 Å². The molecule has 0 fully saturated rings. The summed E-state index contributed by atoms with van der Waals surface area (Å²) in [6, 6.07) is 2.33. The standard InChI is InChI=1S/C13H23N5S/c1-11-16-17-12(18(11)8-7-14)19-9-5-4-6-13(2,3)10-15/h4-9,14H2,1-3H3. The highest BCUT2D eigenvalue weighted by atomic mass is 32.2. The fourth-order valence-corrected chi connectivity index (χ4v) is 2.75. The van der Waals surface area contributed by atoms with Gasteiger partial charge in [-0.2, -0.15) is 5.26 Å². The first-order chi connectivity index (χ1) is 9.00. The number of unbranched alkanes of at least 4 members (excludes halogenated alkanes) is 1. The van der Waals surface area contributed by atoms with E-state index in [-0.39, 0.29) is 5.41 Å². The molecule has 0 aliphatic rings. The number of aryl methyl sites for hydroxylation is 1. The van der Waals surface area contributed by atoms with Crippen molar-refractivity contribution < 1.29 is 0 Å². The molecule has 19 heavy (non-hydrogen) atoms. The number of thioether (sulfide) groups is 1. The van der Waals surface area contributed by atoms with Crippen molar-refractivity contribution in [2.45, 2.75) is 51.7 Å². The highest BCUT2D eigenvalue weighted by Gasteiger charge is 2.15. The van der Waals surface area contributed by atoms with E-state index in [1.54, 1.807) is 11.8 Å². The van der Waals surface area contributed by atoms with Crippen molar-refractivity contribution in [2.24, 2.45) is 11.1 Å². The number of rotatable bonds is 8. The molecule has 0 bridgehead atoms. The van der Waals surface area contributed by atoms with Gasteiger partial charge >= 0.3 is 0 Å². The minimum atomic E-state index is -0.208. The summed E-state index contributed by atoms with van der Waals surface area (Å²) in [7, 11) is 0. The highest BCUT2D eigenvalue weighted by Crippen LogP contribution is 2.24. The van der Waals surface area contributed by atoms with Gasteiger partial charge < -0.3 is 10.3 Å². The summed E-state index contributed by atoms with van der Waals surface area (Å²) < 4.78 is 2.06. The van der Waals surface area contributed by atoms with Crippen LogP contribution in [-0.4, -0.2) is 27.1 Å². The lowest BCUT2D eigenvalue weighted by Gasteiger charge is -2.14. The Morgan fingerprint density at radius 1 is 1.37 bits per heavy atom. The van der Waals surface area contributed by atoms with E-state index >= 15 is 0 Å². The van der Waals surface area contributed by atoms with E-state index in [1.807, 2.05) is 20.8 Å². The third kappa shape index (κ3) is 5.21. The van der Waals surface area contributed by atoms with Crippen LogP contribution >= 0.6 is 11.8 Å². The van der Waals surface area contributed by atoms with Crippen LogP contribution in [0.4, 0.5) is 0 Å². The van der Waals surface area contributed by atoms with Crippen molar-refractivity contribution in [1.29, 1.82) is 5.26 Å². The van der Waals surface area contributed by atoms with Crippen molar-refractivity contribution in [2.75, 3.05) is 12.3 Å². The number of hydrogen-bond donors (Lipinski definition) is 1. The minimum Gasteiger partial charge on any atom is -0.329 e. The molecule has 0 aliphatic carbocycles. The molecule has 6 heteroatoms. The van der Waals surface area contributed by atoms with E-state index in [9.17, 15) is 0 Å². The molecular weight excluding hydrogens is 258 g/mol. The molecule has 0 amide bonds. The second-order valence-corrected chi connectivity index (χ2v) is 6.33. The number of aromatic nitrogens is 3. The summed E-state index contributed by atoms with van der Waals surface area (Å²) in [5, 5.41) is 18.1. The fraction of sp³-hybridized carbons (Fsp3) is 0.769. The van der Waals surface area contributed by atoms with E-state index in [4.69, 9.17) is 11.0 Å². The van der Waals surface area contributed by atoms with Crippen LogP contribution in [0.1, 0.15) is 38.9 Å².